The van der Waals surface area contributed by atoms with Crippen LogP contribution in [0.25, 0.3) is 10.8 Å². The van der Waals surface area contributed by atoms with E-state index in [-0.39, 0.29) is 17.0 Å². The second kappa shape index (κ2) is 6.00. The Morgan fingerprint density at radius 2 is 1.79 bits per heavy atom. The van der Waals surface area contributed by atoms with Crippen molar-refractivity contribution in [2.45, 2.75) is 6.92 Å². The zero-order valence-electron chi connectivity index (χ0n) is 12.9. The Hall–Kier alpha value is -3.41. The fourth-order valence-corrected chi connectivity index (χ4v) is 2.58. The number of aromatic nitrogens is 1. The Kier molecular flexibility index (Phi) is 3.87. The minimum Gasteiger partial charge on any atom is -0.366 e. The fourth-order valence-electron chi connectivity index (χ4n) is 2.58. The Morgan fingerprint density at radius 3 is 2.54 bits per heavy atom. The molecule has 120 valence electrons. The second-order valence-corrected chi connectivity index (χ2v) is 5.48. The second-order valence-electron chi connectivity index (χ2n) is 5.48. The number of anilines is 1. The third kappa shape index (κ3) is 2.89. The molecule has 0 aliphatic heterocycles. The van der Waals surface area contributed by atoms with E-state index in [1.165, 1.54) is 12.3 Å². The minimum absolute atomic E-state index is 0.227. The quantitative estimate of drug-likeness (QED) is 0.688. The highest BCUT2D eigenvalue weighted by Crippen LogP contribution is 2.21. The number of hydrogen-bond acceptors (Lipinski definition) is 3. The molecule has 0 aliphatic rings. The number of hydrogen-bond donors (Lipinski definition) is 3. The highest BCUT2D eigenvalue weighted by Gasteiger charge is 2.12. The molecule has 0 bridgehead atoms. The molecule has 0 radical (unpaired) electrons. The van der Waals surface area contributed by atoms with Gasteiger partial charge in [0.25, 0.3) is 11.5 Å². The summed E-state index contributed by atoms with van der Waals surface area (Å²) in [7, 11) is 0. The largest absolute Gasteiger partial charge is 0.366 e. The van der Waals surface area contributed by atoms with E-state index in [0.717, 1.165) is 5.56 Å². The number of nitrogens with two attached hydrogens (primary N) is 1. The summed E-state index contributed by atoms with van der Waals surface area (Å²) >= 11 is 0. The number of fused-ring (bicyclic) bond motifs is 1. The van der Waals surface area contributed by atoms with Gasteiger partial charge in [0, 0.05) is 33.8 Å². The average molecular weight is 321 g/mol. The van der Waals surface area contributed by atoms with Crippen LogP contribution in [-0.2, 0) is 0 Å². The summed E-state index contributed by atoms with van der Waals surface area (Å²) in [6.45, 7) is 1.78. The van der Waals surface area contributed by atoms with E-state index in [9.17, 15) is 14.4 Å². The molecule has 0 fully saturated rings. The van der Waals surface area contributed by atoms with Gasteiger partial charge in [0.15, 0.2) is 0 Å². The maximum Gasteiger partial charge on any atom is 0.255 e. The van der Waals surface area contributed by atoms with Crippen molar-refractivity contribution in [2.75, 3.05) is 5.32 Å². The molecular formula is C18H15N3O3. The molecule has 6 nitrogen and oxygen atoms in total. The number of aromatic amines is 1. The molecule has 4 N–H and O–H groups in total. The molecule has 3 aromatic rings. The third-order valence-corrected chi connectivity index (χ3v) is 3.69. The molecule has 0 spiro atoms. The molecule has 0 atom stereocenters. The van der Waals surface area contributed by atoms with E-state index in [1.807, 2.05) is 0 Å². The normalized spacial score (nSPS) is 10.5. The Labute approximate surface area is 137 Å². The predicted molar refractivity (Wildman–Crippen MR) is 92.2 cm³/mol. The molecule has 0 saturated carbocycles. The fraction of sp³-hybridized carbons (Fsp3) is 0.0556. The molecule has 1 heterocycles. The maximum absolute atomic E-state index is 12.5. The monoisotopic (exact) mass is 321 g/mol. The summed E-state index contributed by atoms with van der Waals surface area (Å²) in [6.07, 6.45) is 1.53. The van der Waals surface area contributed by atoms with Crippen molar-refractivity contribution in [2.24, 2.45) is 5.73 Å². The Bertz CT molecular complexity index is 1020. The topological polar surface area (TPSA) is 105 Å². The van der Waals surface area contributed by atoms with Gasteiger partial charge in [0.1, 0.15) is 0 Å². The molecule has 3 rings (SSSR count). The molecular weight excluding hydrogens is 306 g/mol. The van der Waals surface area contributed by atoms with Gasteiger partial charge in [-0.05, 0) is 48.9 Å². The first-order chi connectivity index (χ1) is 11.5. The van der Waals surface area contributed by atoms with E-state index in [0.29, 0.717) is 22.0 Å². The number of H-pyrrole nitrogens is 1. The van der Waals surface area contributed by atoms with Crippen molar-refractivity contribution in [3.05, 3.63) is 75.7 Å². The first-order valence-electron chi connectivity index (χ1n) is 7.29. The lowest BCUT2D eigenvalue weighted by atomic mass is 10.0. The first-order valence-corrected chi connectivity index (χ1v) is 7.29. The predicted octanol–water partition coefficient (Wildman–Crippen LogP) is 2.19. The van der Waals surface area contributed by atoms with Gasteiger partial charge in [-0.25, -0.2) is 0 Å². The SMILES string of the molecule is Cc1cc(C(N)=O)cc(C(=O)Nc2cccc3c(=O)[nH]ccc23)c1. The van der Waals surface area contributed by atoms with E-state index < -0.39 is 5.91 Å². The molecule has 2 amide bonds. The minimum atomic E-state index is -0.593. The number of carbonyl (C=O) groups is 2. The van der Waals surface area contributed by atoms with Crippen LogP contribution >= 0.6 is 0 Å². The highest BCUT2D eigenvalue weighted by molar-refractivity contribution is 6.10. The van der Waals surface area contributed by atoms with Crippen LogP contribution in [0.4, 0.5) is 5.69 Å². The highest BCUT2D eigenvalue weighted by atomic mass is 16.2. The molecule has 0 unspecified atom stereocenters. The lowest BCUT2D eigenvalue weighted by Crippen LogP contribution is -2.16. The van der Waals surface area contributed by atoms with Crippen LogP contribution in [0.5, 0.6) is 0 Å². The smallest absolute Gasteiger partial charge is 0.255 e. The van der Waals surface area contributed by atoms with Gasteiger partial charge >= 0.3 is 0 Å². The molecule has 2 aromatic carbocycles. The van der Waals surface area contributed by atoms with Gasteiger partial charge in [0.2, 0.25) is 5.91 Å². The lowest BCUT2D eigenvalue weighted by Gasteiger charge is -2.10. The van der Waals surface area contributed by atoms with Gasteiger partial charge in [0.05, 0.1) is 0 Å². The van der Waals surface area contributed by atoms with Crippen molar-refractivity contribution < 1.29 is 9.59 Å². The summed E-state index contributed by atoms with van der Waals surface area (Å²) in [5.41, 5.74) is 6.93. The van der Waals surface area contributed by atoms with Crippen molar-refractivity contribution in [1.29, 1.82) is 0 Å². The molecule has 1 aromatic heterocycles. The Balaban J connectivity index is 2.01. The standard InChI is InChI=1S/C18H15N3O3/c1-10-7-11(16(19)22)9-12(8-10)17(23)21-15-4-2-3-14-13(15)5-6-20-18(14)24/h2-9H,1H3,(H2,19,22)(H,20,24)(H,21,23). The summed E-state index contributed by atoms with van der Waals surface area (Å²) in [6, 6.07) is 11.5. The number of pyridine rings is 1. The van der Waals surface area contributed by atoms with Crippen LogP contribution in [0, 0.1) is 6.92 Å². The number of amides is 2. The van der Waals surface area contributed by atoms with Crippen molar-refractivity contribution in [3.63, 3.8) is 0 Å². The van der Waals surface area contributed by atoms with Crippen LogP contribution in [0.1, 0.15) is 26.3 Å². The zero-order chi connectivity index (χ0) is 17.3. The van der Waals surface area contributed by atoms with E-state index in [4.69, 9.17) is 5.73 Å². The van der Waals surface area contributed by atoms with Gasteiger partial charge in [-0.3, -0.25) is 14.4 Å². The van der Waals surface area contributed by atoms with E-state index in [1.54, 1.807) is 43.3 Å². The number of aryl methyl sites for hydroxylation is 1. The number of nitrogens with one attached hydrogen (secondary N) is 2. The number of carbonyl (C=O) groups excluding carboxylic acids is 2. The van der Waals surface area contributed by atoms with Gasteiger partial charge in [-0.2, -0.15) is 0 Å². The molecule has 24 heavy (non-hydrogen) atoms. The number of primary amides is 1. The van der Waals surface area contributed by atoms with Crippen LogP contribution < -0.4 is 16.6 Å². The lowest BCUT2D eigenvalue weighted by molar-refractivity contribution is 0.1000. The van der Waals surface area contributed by atoms with Crippen molar-refractivity contribution >= 4 is 28.3 Å². The Morgan fingerprint density at radius 1 is 1.04 bits per heavy atom. The van der Waals surface area contributed by atoms with Crippen LogP contribution in [0.3, 0.4) is 0 Å². The summed E-state index contributed by atoms with van der Waals surface area (Å²) < 4.78 is 0. The molecule has 0 saturated heterocycles. The van der Waals surface area contributed by atoms with Crippen LogP contribution in [0.2, 0.25) is 0 Å². The first kappa shape index (κ1) is 15.5. The van der Waals surface area contributed by atoms with Crippen LogP contribution in [-0.4, -0.2) is 16.8 Å². The average Bonchev–Trinajstić information content (AvgIpc) is 2.55. The third-order valence-electron chi connectivity index (χ3n) is 3.69. The van der Waals surface area contributed by atoms with Crippen LogP contribution in [0.15, 0.2) is 53.5 Å². The van der Waals surface area contributed by atoms with E-state index >= 15 is 0 Å². The molecule has 6 heteroatoms. The van der Waals surface area contributed by atoms with Gasteiger partial charge in [-0.15, -0.1) is 0 Å². The zero-order valence-corrected chi connectivity index (χ0v) is 12.9. The van der Waals surface area contributed by atoms with E-state index in [2.05, 4.69) is 10.3 Å². The van der Waals surface area contributed by atoms with Crippen molar-refractivity contribution in [1.82, 2.24) is 4.98 Å². The molecule has 0 aliphatic carbocycles. The van der Waals surface area contributed by atoms with Crippen molar-refractivity contribution in [3.8, 4) is 0 Å². The van der Waals surface area contributed by atoms with Gasteiger partial charge < -0.3 is 16.0 Å². The number of benzene rings is 2. The van der Waals surface area contributed by atoms with Gasteiger partial charge in [-0.1, -0.05) is 6.07 Å². The summed E-state index contributed by atoms with van der Waals surface area (Å²) in [5.74, 6) is -0.974. The summed E-state index contributed by atoms with van der Waals surface area (Å²) in [5, 5.41) is 3.90. The maximum atomic E-state index is 12.5. The summed E-state index contributed by atoms with van der Waals surface area (Å²) in [4.78, 5) is 38.3. The number of rotatable bonds is 3.